The Balaban J connectivity index is 2.08. The van der Waals surface area contributed by atoms with Crippen LogP contribution in [0.25, 0.3) is 0 Å². The van der Waals surface area contributed by atoms with Gasteiger partial charge in [0, 0.05) is 6.07 Å². The maximum Gasteiger partial charge on any atom is 0.335 e. The molecule has 0 radical (unpaired) electrons. The molecule has 0 aliphatic heterocycles. The van der Waals surface area contributed by atoms with Crippen LogP contribution in [0.15, 0.2) is 28.8 Å². The molecule has 5 heteroatoms. The van der Waals surface area contributed by atoms with Gasteiger partial charge in [-0.25, -0.2) is 4.79 Å². The van der Waals surface area contributed by atoms with Gasteiger partial charge >= 0.3 is 5.97 Å². The van der Waals surface area contributed by atoms with Gasteiger partial charge in [0.25, 0.3) is 0 Å². The lowest BCUT2D eigenvalue weighted by Crippen LogP contribution is -2.00. The Morgan fingerprint density at radius 2 is 2.17 bits per heavy atom. The van der Waals surface area contributed by atoms with E-state index >= 15 is 0 Å². The lowest BCUT2D eigenvalue weighted by Gasteiger charge is -2.07. The predicted molar refractivity (Wildman–Crippen MR) is 63.7 cm³/mol. The number of carboxylic acid groups (broad SMARTS) is 1. The van der Waals surface area contributed by atoms with E-state index in [1.807, 2.05) is 6.92 Å². The summed E-state index contributed by atoms with van der Waals surface area (Å²) in [5, 5.41) is 12.7. The minimum atomic E-state index is -0.947. The molecule has 94 valence electrons. The number of benzene rings is 1. The zero-order valence-corrected chi connectivity index (χ0v) is 10.1. The number of rotatable bonds is 4. The van der Waals surface area contributed by atoms with Gasteiger partial charge in [0.2, 0.25) is 0 Å². The Bertz CT molecular complexity index is 574. The van der Waals surface area contributed by atoms with Crippen molar-refractivity contribution in [2.75, 3.05) is 0 Å². The first-order valence-electron chi connectivity index (χ1n) is 5.45. The molecule has 1 aromatic carbocycles. The molecule has 0 atom stereocenters. The third-order valence-corrected chi connectivity index (χ3v) is 2.47. The zero-order valence-electron chi connectivity index (χ0n) is 10.1. The Kier molecular flexibility index (Phi) is 3.32. The van der Waals surface area contributed by atoms with Crippen molar-refractivity contribution < 1.29 is 19.2 Å². The molecule has 0 saturated carbocycles. The number of nitrogens with zero attached hydrogens (tertiary/aromatic N) is 1. The van der Waals surface area contributed by atoms with Gasteiger partial charge in [0.05, 0.1) is 5.56 Å². The van der Waals surface area contributed by atoms with Gasteiger partial charge in [-0.2, -0.15) is 0 Å². The smallest absolute Gasteiger partial charge is 0.335 e. The second-order valence-corrected chi connectivity index (χ2v) is 4.00. The fourth-order valence-corrected chi connectivity index (χ4v) is 1.58. The van der Waals surface area contributed by atoms with Crippen LogP contribution in [-0.4, -0.2) is 16.2 Å². The molecule has 0 bridgehead atoms. The van der Waals surface area contributed by atoms with Crippen LogP contribution in [-0.2, 0) is 6.61 Å². The van der Waals surface area contributed by atoms with Gasteiger partial charge in [-0.3, -0.25) is 0 Å². The van der Waals surface area contributed by atoms with E-state index in [4.69, 9.17) is 14.4 Å². The summed E-state index contributed by atoms with van der Waals surface area (Å²) in [6, 6.07) is 6.52. The van der Waals surface area contributed by atoms with Gasteiger partial charge in [0.1, 0.15) is 23.8 Å². The number of aromatic carboxylic acids is 1. The molecule has 0 saturated heterocycles. The molecule has 18 heavy (non-hydrogen) atoms. The van der Waals surface area contributed by atoms with Crippen molar-refractivity contribution in [3.63, 3.8) is 0 Å². The highest BCUT2D eigenvalue weighted by molar-refractivity contribution is 5.88. The number of carboxylic acids is 1. The van der Waals surface area contributed by atoms with Gasteiger partial charge in [-0.1, -0.05) is 5.16 Å². The van der Waals surface area contributed by atoms with Crippen LogP contribution in [0, 0.1) is 13.8 Å². The van der Waals surface area contributed by atoms with Crippen LogP contribution in [0.1, 0.15) is 27.4 Å². The molecule has 1 heterocycles. The first kappa shape index (κ1) is 12.2. The molecule has 0 aliphatic rings. The largest absolute Gasteiger partial charge is 0.487 e. The second kappa shape index (κ2) is 4.91. The highest BCUT2D eigenvalue weighted by Crippen LogP contribution is 2.20. The monoisotopic (exact) mass is 247 g/mol. The van der Waals surface area contributed by atoms with Crippen LogP contribution in [0.4, 0.5) is 0 Å². The van der Waals surface area contributed by atoms with Crippen LogP contribution in [0.2, 0.25) is 0 Å². The Hall–Kier alpha value is -2.30. The van der Waals surface area contributed by atoms with Crippen LogP contribution in [0.3, 0.4) is 0 Å². The van der Waals surface area contributed by atoms with Crippen molar-refractivity contribution in [2.24, 2.45) is 0 Å². The van der Waals surface area contributed by atoms with Crippen molar-refractivity contribution in [3.05, 3.63) is 46.8 Å². The van der Waals surface area contributed by atoms with E-state index < -0.39 is 5.97 Å². The summed E-state index contributed by atoms with van der Waals surface area (Å²) in [5.74, 6) is 0.420. The van der Waals surface area contributed by atoms with E-state index in [0.717, 1.165) is 11.3 Å². The number of aryl methyl sites for hydroxylation is 2. The molecule has 1 aromatic heterocycles. The van der Waals surface area contributed by atoms with E-state index in [1.165, 1.54) is 6.07 Å². The SMILES string of the molecule is Cc1cc(COc2ccc(C(=O)O)cc2C)no1. The summed E-state index contributed by atoms with van der Waals surface area (Å²) in [4.78, 5) is 10.8. The fourth-order valence-electron chi connectivity index (χ4n) is 1.58. The fraction of sp³-hybridized carbons (Fsp3) is 0.231. The summed E-state index contributed by atoms with van der Waals surface area (Å²) in [6.07, 6.45) is 0. The van der Waals surface area contributed by atoms with E-state index in [2.05, 4.69) is 5.16 Å². The van der Waals surface area contributed by atoms with Gasteiger partial charge < -0.3 is 14.4 Å². The first-order chi connectivity index (χ1) is 8.56. The molecule has 0 amide bonds. The van der Waals surface area contributed by atoms with Crippen molar-refractivity contribution in [1.29, 1.82) is 0 Å². The van der Waals surface area contributed by atoms with E-state index in [-0.39, 0.29) is 5.56 Å². The van der Waals surface area contributed by atoms with Gasteiger partial charge in [-0.05, 0) is 37.6 Å². The topological polar surface area (TPSA) is 72.6 Å². The number of ether oxygens (including phenoxy) is 1. The average Bonchev–Trinajstić information content (AvgIpc) is 2.73. The summed E-state index contributed by atoms with van der Waals surface area (Å²) in [5.41, 5.74) is 1.72. The maximum absolute atomic E-state index is 10.8. The highest BCUT2D eigenvalue weighted by atomic mass is 16.5. The van der Waals surface area contributed by atoms with Crippen molar-refractivity contribution in [3.8, 4) is 5.75 Å². The van der Waals surface area contributed by atoms with E-state index in [0.29, 0.717) is 18.1 Å². The molecule has 5 nitrogen and oxygen atoms in total. The quantitative estimate of drug-likeness (QED) is 0.898. The maximum atomic E-state index is 10.8. The molecule has 2 aromatic rings. The molecule has 0 unspecified atom stereocenters. The minimum absolute atomic E-state index is 0.247. The van der Waals surface area contributed by atoms with E-state index in [9.17, 15) is 4.79 Å². The standard InChI is InChI=1S/C13H13NO4/c1-8-5-10(13(15)16)3-4-12(8)17-7-11-6-9(2)18-14-11/h3-6H,7H2,1-2H3,(H,15,16). The Morgan fingerprint density at radius 1 is 1.39 bits per heavy atom. The summed E-state index contributed by atoms with van der Waals surface area (Å²) >= 11 is 0. The summed E-state index contributed by atoms with van der Waals surface area (Å²) < 4.78 is 10.5. The van der Waals surface area contributed by atoms with Crippen LogP contribution < -0.4 is 4.74 Å². The normalized spacial score (nSPS) is 10.3. The second-order valence-electron chi connectivity index (χ2n) is 4.00. The molecule has 1 N–H and O–H groups in total. The predicted octanol–water partition coefficient (Wildman–Crippen LogP) is 2.57. The van der Waals surface area contributed by atoms with Crippen molar-refractivity contribution in [2.45, 2.75) is 20.5 Å². The first-order valence-corrected chi connectivity index (χ1v) is 5.45. The lowest BCUT2D eigenvalue weighted by atomic mass is 10.1. The number of carbonyl (C=O) groups is 1. The molecule has 0 aliphatic carbocycles. The zero-order chi connectivity index (χ0) is 13.1. The van der Waals surface area contributed by atoms with Crippen LogP contribution in [0.5, 0.6) is 5.75 Å². The molecular weight excluding hydrogens is 234 g/mol. The third-order valence-electron chi connectivity index (χ3n) is 2.47. The summed E-state index contributed by atoms with van der Waals surface area (Å²) in [6.45, 7) is 3.91. The van der Waals surface area contributed by atoms with Crippen LogP contribution >= 0.6 is 0 Å². The molecule has 0 spiro atoms. The molecule has 2 rings (SSSR count). The van der Waals surface area contributed by atoms with Crippen molar-refractivity contribution in [1.82, 2.24) is 5.16 Å². The van der Waals surface area contributed by atoms with E-state index in [1.54, 1.807) is 25.1 Å². The minimum Gasteiger partial charge on any atom is -0.487 e. The Labute approximate surface area is 104 Å². The average molecular weight is 247 g/mol. The highest BCUT2D eigenvalue weighted by Gasteiger charge is 2.07. The molecular formula is C13H13NO4. The number of aromatic nitrogens is 1. The number of hydrogen-bond acceptors (Lipinski definition) is 4. The van der Waals surface area contributed by atoms with Gasteiger partial charge in [0.15, 0.2) is 0 Å². The third kappa shape index (κ3) is 2.68. The lowest BCUT2D eigenvalue weighted by molar-refractivity contribution is 0.0696. The molecule has 0 fully saturated rings. The van der Waals surface area contributed by atoms with Gasteiger partial charge in [-0.15, -0.1) is 0 Å². The summed E-state index contributed by atoms with van der Waals surface area (Å²) in [7, 11) is 0. The van der Waals surface area contributed by atoms with Crippen molar-refractivity contribution >= 4 is 5.97 Å². The Morgan fingerprint density at radius 3 is 2.72 bits per heavy atom. The number of hydrogen-bond donors (Lipinski definition) is 1.